The van der Waals surface area contributed by atoms with Gasteiger partial charge < -0.3 is 5.32 Å². The zero-order valence-corrected chi connectivity index (χ0v) is 14.4. The van der Waals surface area contributed by atoms with E-state index < -0.39 is 0 Å². The molecule has 20 heavy (non-hydrogen) atoms. The molecule has 0 aromatic carbocycles. The van der Waals surface area contributed by atoms with E-state index >= 15 is 0 Å². The molecule has 2 rings (SSSR count). The van der Waals surface area contributed by atoms with Crippen molar-refractivity contribution in [3.8, 4) is 0 Å². The zero-order chi connectivity index (χ0) is 14.6. The molecule has 0 spiro atoms. The summed E-state index contributed by atoms with van der Waals surface area (Å²) in [4.78, 5) is 0. The second-order valence-electron chi connectivity index (χ2n) is 5.57. The quantitative estimate of drug-likeness (QED) is 0.828. The average molecular weight is 316 g/mol. The highest BCUT2D eigenvalue weighted by atomic mass is 35.5. The monoisotopic (exact) mass is 315 g/mol. The predicted molar refractivity (Wildman–Crippen MR) is 88.7 cm³/mol. The molecule has 1 aliphatic rings. The van der Waals surface area contributed by atoms with Gasteiger partial charge in [-0.25, -0.2) is 0 Å². The van der Waals surface area contributed by atoms with E-state index in [-0.39, 0.29) is 0 Å². The Bertz CT molecular complexity index is 439. The van der Waals surface area contributed by atoms with Crippen LogP contribution >= 0.6 is 23.4 Å². The van der Waals surface area contributed by atoms with Crippen LogP contribution in [0.5, 0.6) is 0 Å². The van der Waals surface area contributed by atoms with Crippen molar-refractivity contribution in [3.05, 3.63) is 16.4 Å². The van der Waals surface area contributed by atoms with Crippen LogP contribution in [0.4, 0.5) is 0 Å². The van der Waals surface area contributed by atoms with Crippen LogP contribution in [0.2, 0.25) is 5.02 Å². The Kier molecular flexibility index (Phi) is 5.82. The molecule has 0 bridgehead atoms. The number of halogens is 1. The fourth-order valence-corrected chi connectivity index (χ4v) is 4.35. The largest absolute Gasteiger partial charge is 0.310 e. The van der Waals surface area contributed by atoms with Crippen LogP contribution in [-0.4, -0.2) is 27.3 Å². The molecule has 1 heterocycles. The maximum Gasteiger partial charge on any atom is 0.0863 e. The van der Waals surface area contributed by atoms with Crippen molar-refractivity contribution in [1.29, 1.82) is 0 Å². The Morgan fingerprint density at radius 1 is 1.35 bits per heavy atom. The topological polar surface area (TPSA) is 29.9 Å². The SMILES string of the molecule is CCc1nn(CC)c(CNCC2(SC)CCCC2)c1Cl. The number of aromatic nitrogens is 2. The number of hydrogen-bond acceptors (Lipinski definition) is 3. The summed E-state index contributed by atoms with van der Waals surface area (Å²) in [7, 11) is 0. The lowest BCUT2D eigenvalue weighted by Gasteiger charge is -2.27. The van der Waals surface area contributed by atoms with E-state index in [0.717, 1.165) is 42.5 Å². The van der Waals surface area contributed by atoms with Gasteiger partial charge in [0.25, 0.3) is 0 Å². The van der Waals surface area contributed by atoms with Crippen molar-refractivity contribution in [2.45, 2.75) is 63.8 Å². The van der Waals surface area contributed by atoms with Crippen LogP contribution in [0.1, 0.15) is 50.9 Å². The lowest BCUT2D eigenvalue weighted by molar-refractivity contribution is 0.513. The molecule has 1 aromatic rings. The molecule has 0 aliphatic heterocycles. The molecule has 1 aromatic heterocycles. The van der Waals surface area contributed by atoms with Crippen LogP contribution in [0, 0.1) is 0 Å². The van der Waals surface area contributed by atoms with Gasteiger partial charge in [-0.2, -0.15) is 16.9 Å². The second-order valence-corrected chi connectivity index (χ2v) is 7.23. The first-order chi connectivity index (χ1) is 9.65. The summed E-state index contributed by atoms with van der Waals surface area (Å²) >= 11 is 8.46. The molecular formula is C15H26ClN3S. The van der Waals surface area contributed by atoms with Gasteiger partial charge in [0.15, 0.2) is 0 Å². The number of aryl methyl sites for hydroxylation is 2. The van der Waals surface area contributed by atoms with Crippen molar-refractivity contribution < 1.29 is 0 Å². The van der Waals surface area contributed by atoms with Gasteiger partial charge in [-0.3, -0.25) is 4.68 Å². The molecule has 3 nitrogen and oxygen atoms in total. The maximum absolute atomic E-state index is 6.44. The standard InChI is InChI=1S/C15H26ClN3S/c1-4-12-14(16)13(19(5-2)18-12)10-17-11-15(20-3)8-6-7-9-15/h17H,4-11H2,1-3H3. The van der Waals surface area contributed by atoms with E-state index in [1.807, 2.05) is 16.4 Å². The Morgan fingerprint density at radius 2 is 2.05 bits per heavy atom. The third-order valence-electron chi connectivity index (χ3n) is 4.38. The minimum absolute atomic E-state index is 0.442. The van der Waals surface area contributed by atoms with Gasteiger partial charge in [0.2, 0.25) is 0 Å². The second kappa shape index (κ2) is 7.19. The molecular weight excluding hydrogens is 290 g/mol. The molecule has 5 heteroatoms. The third kappa shape index (κ3) is 3.34. The van der Waals surface area contributed by atoms with Crippen molar-refractivity contribution in [2.24, 2.45) is 0 Å². The first kappa shape index (κ1) is 16.2. The Morgan fingerprint density at radius 3 is 2.60 bits per heavy atom. The van der Waals surface area contributed by atoms with E-state index in [0.29, 0.717) is 4.75 Å². The fraction of sp³-hybridized carbons (Fsp3) is 0.800. The van der Waals surface area contributed by atoms with Gasteiger partial charge in [-0.1, -0.05) is 31.4 Å². The molecule has 1 fully saturated rings. The van der Waals surface area contributed by atoms with Crippen LogP contribution in [0.15, 0.2) is 0 Å². The van der Waals surface area contributed by atoms with Gasteiger partial charge >= 0.3 is 0 Å². The van der Waals surface area contributed by atoms with Crippen molar-refractivity contribution in [2.75, 3.05) is 12.8 Å². The van der Waals surface area contributed by atoms with E-state index in [4.69, 9.17) is 11.6 Å². The summed E-state index contributed by atoms with van der Waals surface area (Å²) in [5.74, 6) is 0. The molecule has 0 unspecified atom stereocenters. The van der Waals surface area contributed by atoms with Gasteiger partial charge in [-0.05, 0) is 32.4 Å². The molecule has 0 atom stereocenters. The molecule has 1 saturated carbocycles. The maximum atomic E-state index is 6.44. The van der Waals surface area contributed by atoms with E-state index in [1.54, 1.807) is 0 Å². The molecule has 1 aliphatic carbocycles. The zero-order valence-electron chi connectivity index (χ0n) is 12.8. The Balaban J connectivity index is 1.98. The van der Waals surface area contributed by atoms with Gasteiger partial charge in [0.1, 0.15) is 0 Å². The summed E-state index contributed by atoms with van der Waals surface area (Å²) in [5, 5.41) is 9.05. The number of hydrogen-bond donors (Lipinski definition) is 1. The summed E-state index contributed by atoms with van der Waals surface area (Å²) in [6, 6.07) is 0. The predicted octanol–water partition coefficient (Wildman–Crippen LogP) is 3.88. The molecule has 0 amide bonds. The highest BCUT2D eigenvalue weighted by molar-refractivity contribution is 8.00. The molecule has 0 saturated heterocycles. The van der Waals surface area contributed by atoms with Gasteiger partial charge in [-0.15, -0.1) is 0 Å². The Hall–Kier alpha value is -0.190. The summed E-state index contributed by atoms with van der Waals surface area (Å²) < 4.78 is 2.48. The smallest absolute Gasteiger partial charge is 0.0863 e. The van der Waals surface area contributed by atoms with E-state index in [2.05, 4.69) is 30.5 Å². The third-order valence-corrected chi connectivity index (χ3v) is 6.24. The lowest BCUT2D eigenvalue weighted by atomic mass is 10.1. The van der Waals surface area contributed by atoms with Gasteiger partial charge in [0, 0.05) is 24.4 Å². The Labute approximate surface area is 131 Å². The fourth-order valence-electron chi connectivity index (χ4n) is 3.07. The highest BCUT2D eigenvalue weighted by Crippen LogP contribution is 2.39. The number of nitrogens with one attached hydrogen (secondary N) is 1. The van der Waals surface area contributed by atoms with Crippen molar-refractivity contribution in [3.63, 3.8) is 0 Å². The first-order valence-corrected chi connectivity index (χ1v) is 9.26. The minimum Gasteiger partial charge on any atom is -0.310 e. The van der Waals surface area contributed by atoms with E-state index in [1.165, 1.54) is 25.7 Å². The molecule has 1 N–H and O–H groups in total. The normalized spacial score (nSPS) is 17.8. The van der Waals surface area contributed by atoms with Crippen molar-refractivity contribution >= 4 is 23.4 Å². The number of rotatable bonds is 7. The van der Waals surface area contributed by atoms with Gasteiger partial charge in [0.05, 0.1) is 16.4 Å². The highest BCUT2D eigenvalue weighted by Gasteiger charge is 2.32. The van der Waals surface area contributed by atoms with Crippen LogP contribution in [-0.2, 0) is 19.5 Å². The number of thioether (sulfide) groups is 1. The first-order valence-electron chi connectivity index (χ1n) is 7.65. The van der Waals surface area contributed by atoms with E-state index in [9.17, 15) is 0 Å². The summed E-state index contributed by atoms with van der Waals surface area (Å²) in [6.45, 7) is 6.99. The van der Waals surface area contributed by atoms with Crippen LogP contribution in [0.3, 0.4) is 0 Å². The summed E-state index contributed by atoms with van der Waals surface area (Å²) in [6.07, 6.45) is 8.55. The van der Waals surface area contributed by atoms with Crippen LogP contribution in [0.25, 0.3) is 0 Å². The van der Waals surface area contributed by atoms with Crippen molar-refractivity contribution in [1.82, 2.24) is 15.1 Å². The average Bonchev–Trinajstić information content (AvgIpc) is 3.05. The lowest BCUT2D eigenvalue weighted by Crippen LogP contribution is -2.35. The molecule has 114 valence electrons. The minimum atomic E-state index is 0.442. The molecule has 0 radical (unpaired) electrons. The van der Waals surface area contributed by atoms with Crippen LogP contribution < -0.4 is 5.32 Å². The number of nitrogens with zero attached hydrogens (tertiary/aromatic N) is 2. The summed E-state index contributed by atoms with van der Waals surface area (Å²) in [5.41, 5.74) is 2.16.